The highest BCUT2D eigenvalue weighted by molar-refractivity contribution is 6.32. The number of nitrogens with zero attached hydrogens (tertiary/aromatic N) is 1. The van der Waals surface area contributed by atoms with Gasteiger partial charge >= 0.3 is 0 Å². The largest absolute Gasteiger partial charge is 0.491 e. The van der Waals surface area contributed by atoms with E-state index >= 15 is 0 Å². The van der Waals surface area contributed by atoms with Crippen LogP contribution in [0, 0.1) is 6.92 Å². The summed E-state index contributed by atoms with van der Waals surface area (Å²) < 4.78 is 5.79. The van der Waals surface area contributed by atoms with Crippen LogP contribution >= 0.6 is 11.6 Å². The normalized spacial score (nSPS) is 16.6. The molecule has 5 heteroatoms. The molecule has 2 rings (SSSR count). The summed E-state index contributed by atoms with van der Waals surface area (Å²) in [6.45, 7) is 6.95. The van der Waals surface area contributed by atoms with E-state index in [0.29, 0.717) is 30.3 Å². The van der Waals surface area contributed by atoms with Gasteiger partial charge in [0.2, 0.25) is 5.91 Å². The van der Waals surface area contributed by atoms with Crippen LogP contribution in [-0.4, -0.2) is 19.1 Å². The highest BCUT2D eigenvalue weighted by Gasteiger charge is 2.29. The molecule has 0 unspecified atom stereocenters. The van der Waals surface area contributed by atoms with Crippen LogP contribution in [0.4, 0.5) is 5.69 Å². The average molecular weight is 297 g/mol. The SMILES string of the molecule is CCOc1c([C@@H](C)N)cc(Cl)c(C)c1N1CCCC1=O. The van der Waals surface area contributed by atoms with Gasteiger partial charge in [-0.15, -0.1) is 0 Å². The maximum Gasteiger partial charge on any atom is 0.227 e. The van der Waals surface area contributed by atoms with Crippen LogP contribution in [0.25, 0.3) is 0 Å². The Balaban J connectivity index is 2.65. The number of carbonyl (C=O) groups excluding carboxylic acids is 1. The Morgan fingerprint density at radius 3 is 2.75 bits per heavy atom. The van der Waals surface area contributed by atoms with E-state index in [2.05, 4.69) is 0 Å². The summed E-state index contributed by atoms with van der Waals surface area (Å²) in [6, 6.07) is 1.64. The third kappa shape index (κ3) is 2.63. The molecule has 0 spiro atoms. The smallest absolute Gasteiger partial charge is 0.227 e. The van der Waals surface area contributed by atoms with Crippen LogP contribution < -0.4 is 15.4 Å². The summed E-state index contributed by atoms with van der Waals surface area (Å²) in [5, 5.41) is 0.621. The Morgan fingerprint density at radius 1 is 1.55 bits per heavy atom. The van der Waals surface area contributed by atoms with Crippen LogP contribution in [0.5, 0.6) is 5.75 Å². The van der Waals surface area contributed by atoms with E-state index in [1.165, 1.54) is 0 Å². The molecule has 1 atom stereocenters. The van der Waals surface area contributed by atoms with Crippen molar-refractivity contribution < 1.29 is 9.53 Å². The lowest BCUT2D eigenvalue weighted by molar-refractivity contribution is -0.117. The minimum absolute atomic E-state index is 0.118. The average Bonchev–Trinajstić information content (AvgIpc) is 2.80. The maximum absolute atomic E-state index is 12.1. The molecule has 1 heterocycles. The van der Waals surface area contributed by atoms with Gasteiger partial charge in [-0.05, 0) is 38.8 Å². The first-order valence-electron chi connectivity index (χ1n) is 6.99. The minimum Gasteiger partial charge on any atom is -0.491 e. The monoisotopic (exact) mass is 296 g/mol. The Bertz CT molecular complexity index is 529. The van der Waals surface area contributed by atoms with E-state index in [4.69, 9.17) is 22.1 Å². The number of ether oxygens (including phenoxy) is 1. The second-order valence-electron chi connectivity index (χ2n) is 5.12. The molecular weight excluding hydrogens is 276 g/mol. The zero-order chi connectivity index (χ0) is 14.9. The van der Waals surface area contributed by atoms with E-state index in [-0.39, 0.29) is 11.9 Å². The summed E-state index contributed by atoms with van der Waals surface area (Å²) >= 11 is 6.31. The second kappa shape index (κ2) is 6.02. The predicted octanol–water partition coefficient (Wildman–Crippen LogP) is 3.19. The van der Waals surface area contributed by atoms with Crippen LogP contribution in [0.15, 0.2) is 6.07 Å². The Kier molecular flexibility index (Phi) is 4.55. The molecule has 4 nitrogen and oxygen atoms in total. The van der Waals surface area contributed by atoms with Crippen molar-refractivity contribution in [3.63, 3.8) is 0 Å². The van der Waals surface area contributed by atoms with Gasteiger partial charge in [-0.25, -0.2) is 0 Å². The predicted molar refractivity (Wildman–Crippen MR) is 81.5 cm³/mol. The highest BCUT2D eigenvalue weighted by atomic mass is 35.5. The van der Waals surface area contributed by atoms with Crippen LogP contribution in [0.2, 0.25) is 5.02 Å². The zero-order valence-corrected chi connectivity index (χ0v) is 13.0. The molecule has 0 radical (unpaired) electrons. The van der Waals surface area contributed by atoms with Crippen molar-refractivity contribution in [1.29, 1.82) is 0 Å². The van der Waals surface area contributed by atoms with Gasteiger partial charge in [0.15, 0.2) is 0 Å². The van der Waals surface area contributed by atoms with E-state index < -0.39 is 0 Å². The van der Waals surface area contributed by atoms with Crippen molar-refractivity contribution in [2.45, 2.75) is 39.7 Å². The molecule has 0 saturated carbocycles. The van der Waals surface area contributed by atoms with Crippen molar-refractivity contribution in [3.05, 3.63) is 22.2 Å². The number of carbonyl (C=O) groups is 1. The molecule has 1 saturated heterocycles. The Morgan fingerprint density at radius 2 is 2.25 bits per heavy atom. The van der Waals surface area contributed by atoms with Crippen molar-refractivity contribution in [2.75, 3.05) is 18.1 Å². The first kappa shape index (κ1) is 15.1. The number of nitrogens with two attached hydrogens (primary N) is 1. The van der Waals surface area contributed by atoms with Gasteiger partial charge in [0.05, 0.1) is 12.3 Å². The lowest BCUT2D eigenvalue weighted by atomic mass is 10.0. The maximum atomic E-state index is 12.1. The molecule has 0 aromatic heterocycles. The molecular formula is C15H21ClN2O2. The van der Waals surface area contributed by atoms with Crippen molar-refractivity contribution in [3.8, 4) is 5.75 Å². The number of halogens is 1. The number of hydrogen-bond donors (Lipinski definition) is 1. The third-order valence-corrected chi connectivity index (χ3v) is 3.99. The molecule has 1 aromatic rings. The molecule has 1 aliphatic rings. The number of anilines is 1. The first-order chi connectivity index (χ1) is 9.47. The van der Waals surface area contributed by atoms with Gasteiger partial charge in [0, 0.05) is 29.6 Å². The molecule has 1 fully saturated rings. The molecule has 2 N–H and O–H groups in total. The van der Waals surface area contributed by atoms with Gasteiger partial charge in [-0.2, -0.15) is 0 Å². The van der Waals surface area contributed by atoms with Crippen molar-refractivity contribution >= 4 is 23.2 Å². The van der Waals surface area contributed by atoms with Crippen LogP contribution in [0.3, 0.4) is 0 Å². The van der Waals surface area contributed by atoms with Gasteiger partial charge in [-0.3, -0.25) is 4.79 Å². The molecule has 0 bridgehead atoms. The molecule has 1 aromatic carbocycles. The Labute approximate surface area is 124 Å². The fraction of sp³-hybridized carbons (Fsp3) is 0.533. The fourth-order valence-corrected chi connectivity index (χ4v) is 2.78. The third-order valence-electron chi connectivity index (χ3n) is 3.60. The van der Waals surface area contributed by atoms with E-state index in [9.17, 15) is 4.79 Å². The van der Waals surface area contributed by atoms with Gasteiger partial charge in [0.1, 0.15) is 5.75 Å². The fourth-order valence-electron chi connectivity index (χ4n) is 2.57. The quantitative estimate of drug-likeness (QED) is 0.928. The topological polar surface area (TPSA) is 55.6 Å². The van der Waals surface area contributed by atoms with Gasteiger partial charge in [-0.1, -0.05) is 11.6 Å². The Hall–Kier alpha value is -1.26. The second-order valence-corrected chi connectivity index (χ2v) is 5.53. The summed E-state index contributed by atoms with van der Waals surface area (Å²) in [5.41, 5.74) is 8.52. The lowest BCUT2D eigenvalue weighted by Gasteiger charge is -2.26. The lowest BCUT2D eigenvalue weighted by Crippen LogP contribution is -2.26. The van der Waals surface area contributed by atoms with Crippen molar-refractivity contribution in [2.24, 2.45) is 5.73 Å². The number of benzene rings is 1. The molecule has 20 heavy (non-hydrogen) atoms. The van der Waals surface area contributed by atoms with Gasteiger partial charge < -0.3 is 15.4 Å². The molecule has 1 amide bonds. The number of amides is 1. The summed E-state index contributed by atoms with van der Waals surface area (Å²) in [5.74, 6) is 0.812. The molecule has 0 aliphatic carbocycles. The van der Waals surface area contributed by atoms with E-state index in [1.54, 1.807) is 4.90 Å². The van der Waals surface area contributed by atoms with Crippen LogP contribution in [-0.2, 0) is 4.79 Å². The summed E-state index contributed by atoms with van der Waals surface area (Å²) in [7, 11) is 0. The standard InChI is InChI=1S/C15H21ClN2O2/c1-4-20-15-11(10(3)17)8-12(16)9(2)14(15)18-7-5-6-13(18)19/h8,10H,4-7,17H2,1-3H3/t10-/m1/s1. The minimum atomic E-state index is -0.203. The van der Waals surface area contributed by atoms with Gasteiger partial charge in [0.25, 0.3) is 0 Å². The number of hydrogen-bond acceptors (Lipinski definition) is 3. The van der Waals surface area contributed by atoms with Crippen LogP contribution in [0.1, 0.15) is 43.9 Å². The van der Waals surface area contributed by atoms with Crippen molar-refractivity contribution in [1.82, 2.24) is 0 Å². The van der Waals surface area contributed by atoms with E-state index in [1.807, 2.05) is 26.8 Å². The summed E-state index contributed by atoms with van der Waals surface area (Å²) in [4.78, 5) is 13.8. The summed E-state index contributed by atoms with van der Waals surface area (Å²) in [6.07, 6.45) is 1.44. The number of rotatable bonds is 4. The first-order valence-corrected chi connectivity index (χ1v) is 7.36. The molecule has 110 valence electrons. The molecule has 1 aliphatic heterocycles. The van der Waals surface area contributed by atoms with E-state index in [0.717, 1.165) is 23.2 Å². The zero-order valence-electron chi connectivity index (χ0n) is 12.2. The highest BCUT2D eigenvalue weighted by Crippen LogP contribution is 2.43.